The van der Waals surface area contributed by atoms with Gasteiger partial charge in [-0.2, -0.15) is 13.2 Å². The lowest BCUT2D eigenvalue weighted by Crippen LogP contribution is -2.55. The van der Waals surface area contributed by atoms with Gasteiger partial charge in [0.05, 0.1) is 59.1 Å². The summed E-state index contributed by atoms with van der Waals surface area (Å²) < 4.78 is 68.6. The lowest BCUT2D eigenvalue weighted by Gasteiger charge is -2.41. The summed E-state index contributed by atoms with van der Waals surface area (Å²) in [5.74, 6) is -1.91. The molecule has 2 amide bonds. The molecule has 1 spiro atoms. The van der Waals surface area contributed by atoms with E-state index in [-0.39, 0.29) is 58.8 Å². The highest BCUT2D eigenvalue weighted by atomic mass is 35.5. The van der Waals surface area contributed by atoms with E-state index in [1.54, 1.807) is 13.0 Å². The first-order valence-corrected chi connectivity index (χ1v) is 16.1. The first-order valence-electron chi connectivity index (χ1n) is 15.7. The third-order valence-corrected chi connectivity index (χ3v) is 9.12. The quantitative estimate of drug-likeness (QED) is 0.322. The Morgan fingerprint density at radius 1 is 1.20 bits per heavy atom. The molecule has 14 nitrogen and oxygen atoms in total. The number of anilines is 1. The maximum absolute atomic E-state index is 16.6. The van der Waals surface area contributed by atoms with Crippen LogP contribution in [0.25, 0.3) is 5.57 Å². The van der Waals surface area contributed by atoms with E-state index in [4.69, 9.17) is 21.1 Å². The van der Waals surface area contributed by atoms with Crippen LogP contribution < -0.4 is 10.9 Å². The number of fused-ring (bicyclic) bond motifs is 2. The molecule has 1 fully saturated rings. The number of ether oxygens (including phenoxy) is 2. The van der Waals surface area contributed by atoms with E-state index in [9.17, 15) is 32.7 Å². The van der Waals surface area contributed by atoms with E-state index >= 15 is 4.39 Å². The first-order chi connectivity index (χ1) is 24.2. The smallest absolute Gasteiger partial charge is 0.416 e. The Bertz CT molecular complexity index is 2040. The van der Waals surface area contributed by atoms with Crippen LogP contribution in [0.15, 0.2) is 41.7 Å². The molecule has 3 N–H and O–H groups in total. The average molecular weight is 735 g/mol. The van der Waals surface area contributed by atoms with Crippen LogP contribution in [0, 0.1) is 6.92 Å². The highest BCUT2D eigenvalue weighted by Crippen LogP contribution is 2.48. The molecular weight excluding hydrogens is 704 g/mol. The van der Waals surface area contributed by atoms with Crippen molar-refractivity contribution in [2.45, 2.75) is 57.3 Å². The number of H-pyrrole nitrogens is 1. The summed E-state index contributed by atoms with van der Waals surface area (Å²) in [5.41, 5.74) is -3.65. The normalized spacial score (nSPS) is 21.5. The predicted octanol–water partition coefficient (Wildman–Crippen LogP) is 4.18. The minimum Gasteiger partial charge on any atom is -0.504 e. The van der Waals surface area contributed by atoms with Crippen LogP contribution in [0.1, 0.15) is 64.7 Å². The van der Waals surface area contributed by atoms with Gasteiger partial charge in [-0.1, -0.05) is 17.7 Å². The van der Waals surface area contributed by atoms with Crippen molar-refractivity contribution in [3.05, 3.63) is 86.3 Å². The number of benzene rings is 1. The number of piperidine rings is 1. The fourth-order valence-corrected chi connectivity index (χ4v) is 6.43. The topological polar surface area (TPSA) is 177 Å². The van der Waals surface area contributed by atoms with Gasteiger partial charge in [-0.15, -0.1) is 0 Å². The predicted molar refractivity (Wildman–Crippen MR) is 172 cm³/mol. The molecule has 19 heteroatoms. The summed E-state index contributed by atoms with van der Waals surface area (Å²) in [6.07, 6.45) is -3.40. The second kappa shape index (κ2) is 14.0. The Morgan fingerprint density at radius 2 is 1.96 bits per heavy atom. The molecular formula is C32H31ClF4N8O6. The molecule has 51 heavy (non-hydrogen) atoms. The molecule has 3 aliphatic rings. The number of nitrogens with one attached hydrogen (secondary N) is 2. The van der Waals surface area contributed by atoms with Crippen molar-refractivity contribution >= 4 is 34.7 Å². The molecule has 0 radical (unpaired) electrons. The van der Waals surface area contributed by atoms with Gasteiger partial charge < -0.3 is 24.8 Å². The Morgan fingerprint density at radius 3 is 2.65 bits per heavy atom. The van der Waals surface area contributed by atoms with Gasteiger partial charge in [0.2, 0.25) is 5.91 Å². The van der Waals surface area contributed by atoms with E-state index in [2.05, 4.69) is 30.4 Å². The van der Waals surface area contributed by atoms with Crippen LogP contribution in [0.3, 0.4) is 0 Å². The van der Waals surface area contributed by atoms with Crippen LogP contribution in [-0.4, -0.2) is 84.0 Å². The molecule has 0 aliphatic carbocycles. The molecule has 5 heterocycles. The number of aromatic amines is 1. The zero-order valence-corrected chi connectivity index (χ0v) is 27.9. The lowest BCUT2D eigenvalue weighted by atomic mass is 9.83. The number of halogens is 5. The van der Waals surface area contributed by atoms with Gasteiger partial charge in [-0.25, -0.2) is 29.0 Å². The zero-order valence-electron chi connectivity index (χ0n) is 27.1. The van der Waals surface area contributed by atoms with Crippen LogP contribution in [0.4, 0.5) is 23.2 Å². The Hall–Kier alpha value is -4.94. The van der Waals surface area contributed by atoms with Gasteiger partial charge >= 0.3 is 6.18 Å². The lowest BCUT2D eigenvalue weighted by molar-refractivity contribution is -0.144. The van der Waals surface area contributed by atoms with Crippen molar-refractivity contribution in [3.63, 3.8) is 0 Å². The van der Waals surface area contributed by atoms with Crippen molar-refractivity contribution < 1.29 is 41.7 Å². The summed E-state index contributed by atoms with van der Waals surface area (Å²) in [7, 11) is 0. The van der Waals surface area contributed by atoms with E-state index in [1.165, 1.54) is 13.3 Å². The number of likely N-dealkylation sites (tertiary alicyclic amines) is 1. The summed E-state index contributed by atoms with van der Waals surface area (Å²) in [5, 5.41) is 15.3. The number of rotatable bonds is 5. The largest absolute Gasteiger partial charge is 0.504 e. The fraction of sp³-hybridized carbons (Fsp3) is 0.406. The van der Waals surface area contributed by atoms with E-state index < -0.39 is 65.8 Å². The fourth-order valence-electron chi connectivity index (χ4n) is 6.20. The molecule has 1 aromatic carbocycles. The van der Waals surface area contributed by atoms with E-state index in [1.807, 2.05) is 0 Å². The van der Waals surface area contributed by atoms with Gasteiger partial charge in [0.25, 0.3) is 11.5 Å². The molecule has 0 saturated carbocycles. The second-order valence-electron chi connectivity index (χ2n) is 12.1. The molecule has 2 aromatic heterocycles. The van der Waals surface area contributed by atoms with Crippen LogP contribution in [0.2, 0.25) is 5.02 Å². The van der Waals surface area contributed by atoms with Gasteiger partial charge in [-0.3, -0.25) is 19.5 Å². The third-order valence-electron chi connectivity index (χ3n) is 8.81. The van der Waals surface area contributed by atoms with Crippen LogP contribution in [0.5, 0.6) is 5.75 Å². The van der Waals surface area contributed by atoms with Crippen molar-refractivity contribution in [3.8, 4) is 5.75 Å². The number of aromatic nitrogens is 6. The van der Waals surface area contributed by atoms with Crippen molar-refractivity contribution in [1.29, 1.82) is 0 Å². The Kier molecular flexibility index (Phi) is 9.84. The van der Waals surface area contributed by atoms with Gasteiger partial charge in [0, 0.05) is 13.0 Å². The number of carbonyl (C=O) groups excluding carboxylic acids is 2. The number of carbonyl (C=O) groups is 2. The minimum atomic E-state index is -4.67. The Labute approximate surface area is 291 Å². The SMILES string of the molecule is Cc1ncnc(C(=O)N2CCC3(OC(C)c4ncnc(C5=CCOCC5)[nH]n(CC(=O)Nc5ccc(C(F)(F)F)cc5Cl)c(=O)c43)C(F)C2)c1O. The van der Waals surface area contributed by atoms with Crippen molar-refractivity contribution in [1.82, 2.24) is 34.6 Å². The number of aromatic hydroxyl groups is 1. The minimum absolute atomic E-state index is 0.0513. The van der Waals surface area contributed by atoms with Gasteiger partial charge in [0.15, 0.2) is 17.6 Å². The zero-order chi connectivity index (χ0) is 36.7. The molecule has 3 aliphatic heterocycles. The number of aryl methyl sites for hydroxylation is 1. The molecule has 3 atom stereocenters. The standard InChI is InChI=1S/C32H31ClF4N8O6/c1-16-27(47)26(40-14-38-16)30(49)44-8-7-31(22(34)12-44)24-25(17(2)51-31)39-15-41-28(18-5-9-50-10-6-18)43-45(29(24)48)13-23(46)42-21-4-3-19(11-20(21)33)32(35,36)37/h3-5,11,14-15,17,22,47H,6-10,12-13H2,1-2H3,(H,42,46)(H,39,41,43). The molecule has 3 aromatic rings. The van der Waals surface area contributed by atoms with Crippen molar-refractivity contribution in [2.75, 3.05) is 31.6 Å². The van der Waals surface area contributed by atoms with E-state index in [0.717, 1.165) is 28.0 Å². The Balaban J connectivity index is 1.41. The highest BCUT2D eigenvalue weighted by molar-refractivity contribution is 6.33. The highest BCUT2D eigenvalue weighted by Gasteiger charge is 2.55. The maximum Gasteiger partial charge on any atom is 0.416 e. The third kappa shape index (κ3) is 7.02. The number of hydrogen-bond donors (Lipinski definition) is 3. The van der Waals surface area contributed by atoms with Gasteiger partial charge in [-0.05, 0) is 44.0 Å². The molecule has 1 saturated heterocycles. The molecule has 3 unspecified atom stereocenters. The van der Waals surface area contributed by atoms with Crippen LogP contribution in [-0.2, 0) is 32.6 Å². The first kappa shape index (κ1) is 35.9. The van der Waals surface area contributed by atoms with E-state index in [0.29, 0.717) is 24.7 Å². The summed E-state index contributed by atoms with van der Waals surface area (Å²) in [6, 6.07) is 2.39. The van der Waals surface area contributed by atoms with Crippen LogP contribution >= 0.6 is 11.6 Å². The molecule has 6 rings (SSSR count). The second-order valence-corrected chi connectivity index (χ2v) is 12.5. The monoisotopic (exact) mass is 734 g/mol. The molecule has 0 bridgehead atoms. The average Bonchev–Trinajstić information content (AvgIpc) is 3.40. The maximum atomic E-state index is 16.6. The number of amides is 2. The van der Waals surface area contributed by atoms with Crippen molar-refractivity contribution in [2.24, 2.45) is 0 Å². The summed E-state index contributed by atoms with van der Waals surface area (Å²) >= 11 is 6.06. The summed E-state index contributed by atoms with van der Waals surface area (Å²) in [4.78, 5) is 58.9. The summed E-state index contributed by atoms with van der Waals surface area (Å²) in [6.45, 7) is 2.25. The molecule has 270 valence electrons. The number of alkyl halides is 4. The number of nitrogens with zero attached hydrogens (tertiary/aromatic N) is 6. The van der Waals surface area contributed by atoms with Gasteiger partial charge in [0.1, 0.15) is 30.6 Å². The number of hydrogen-bond acceptors (Lipinski definition) is 10.